The number of hydrogen-bond donors (Lipinski definition) is 0. The molecule has 0 radical (unpaired) electrons. The normalized spacial score (nSPS) is 20.8. The summed E-state index contributed by atoms with van der Waals surface area (Å²) in [6, 6.07) is 0. The Labute approximate surface area is 87.8 Å². The van der Waals surface area contributed by atoms with Crippen LogP contribution in [0.2, 0.25) is 0 Å². The van der Waals surface area contributed by atoms with Crippen LogP contribution in [-0.2, 0) is 0 Å². The predicted molar refractivity (Wildman–Crippen MR) is 63.3 cm³/mol. The Balaban J connectivity index is 2.39. The summed E-state index contributed by atoms with van der Waals surface area (Å²) in [6.45, 7) is 13.3. The van der Waals surface area contributed by atoms with E-state index in [0.717, 1.165) is 12.5 Å². The molecule has 0 aromatic heterocycles. The van der Waals surface area contributed by atoms with Crippen LogP contribution in [0.1, 0.15) is 19.8 Å². The van der Waals surface area contributed by atoms with Crippen LogP contribution in [0, 0.1) is 5.92 Å². The van der Waals surface area contributed by atoms with E-state index in [-0.39, 0.29) is 0 Å². The summed E-state index contributed by atoms with van der Waals surface area (Å²) in [6.07, 6.45) is 8.48. The fourth-order valence-electron chi connectivity index (χ4n) is 1.82. The molecule has 1 aliphatic heterocycles. The standard InChI is InChI=1S/C13H21N/c1-4-6-13(5-2)11-14-9-7-12(3)8-10-14/h4-6,12H,1-2,7-11H2,3H3/b13-6+. The van der Waals surface area contributed by atoms with Gasteiger partial charge in [-0.15, -0.1) is 0 Å². The van der Waals surface area contributed by atoms with E-state index in [1.165, 1.54) is 31.5 Å². The van der Waals surface area contributed by atoms with Gasteiger partial charge in [0.1, 0.15) is 0 Å². The van der Waals surface area contributed by atoms with E-state index in [0.29, 0.717) is 0 Å². The summed E-state index contributed by atoms with van der Waals surface area (Å²) in [7, 11) is 0. The number of nitrogens with zero attached hydrogens (tertiary/aromatic N) is 1. The molecule has 0 atom stereocenters. The first-order chi connectivity index (χ1) is 6.76. The molecule has 0 aromatic rings. The molecular weight excluding hydrogens is 170 g/mol. The lowest BCUT2D eigenvalue weighted by Gasteiger charge is -2.30. The van der Waals surface area contributed by atoms with Gasteiger partial charge >= 0.3 is 0 Å². The fourth-order valence-corrected chi connectivity index (χ4v) is 1.82. The monoisotopic (exact) mass is 191 g/mol. The molecule has 0 aromatic carbocycles. The SMILES string of the molecule is C=C/C=C(\C=C)CN1CCC(C)CC1. The molecule has 1 saturated heterocycles. The summed E-state index contributed by atoms with van der Waals surface area (Å²) in [4.78, 5) is 2.50. The quantitative estimate of drug-likeness (QED) is 0.617. The Bertz CT molecular complexity index is 219. The molecule has 14 heavy (non-hydrogen) atoms. The highest BCUT2D eigenvalue weighted by molar-refractivity contribution is 5.22. The number of piperidine rings is 1. The molecular formula is C13H21N. The highest BCUT2D eigenvalue weighted by Gasteiger charge is 2.15. The van der Waals surface area contributed by atoms with Crippen LogP contribution in [0.5, 0.6) is 0 Å². The minimum atomic E-state index is 0.904. The Kier molecular flexibility index (Phi) is 4.68. The van der Waals surface area contributed by atoms with Crippen molar-refractivity contribution >= 4 is 0 Å². The van der Waals surface area contributed by atoms with Crippen molar-refractivity contribution in [3.05, 3.63) is 37.0 Å². The molecule has 0 bridgehead atoms. The fraction of sp³-hybridized carbons (Fsp3) is 0.538. The Hall–Kier alpha value is -0.820. The van der Waals surface area contributed by atoms with E-state index in [9.17, 15) is 0 Å². The molecule has 1 heterocycles. The smallest absolute Gasteiger partial charge is 0.0233 e. The summed E-state index contributed by atoms with van der Waals surface area (Å²) in [5.74, 6) is 0.904. The van der Waals surface area contributed by atoms with Crippen molar-refractivity contribution < 1.29 is 0 Å². The molecule has 1 fully saturated rings. The lowest BCUT2D eigenvalue weighted by Crippen LogP contribution is -2.34. The van der Waals surface area contributed by atoms with Gasteiger partial charge in [0, 0.05) is 6.54 Å². The van der Waals surface area contributed by atoms with Crippen LogP contribution >= 0.6 is 0 Å². The van der Waals surface area contributed by atoms with Crippen LogP contribution in [0.15, 0.2) is 37.0 Å². The number of hydrogen-bond acceptors (Lipinski definition) is 1. The maximum absolute atomic E-state index is 3.82. The molecule has 0 spiro atoms. The minimum Gasteiger partial charge on any atom is -0.299 e. The largest absolute Gasteiger partial charge is 0.299 e. The van der Waals surface area contributed by atoms with Crippen LogP contribution in [-0.4, -0.2) is 24.5 Å². The van der Waals surface area contributed by atoms with Gasteiger partial charge in [0.2, 0.25) is 0 Å². The van der Waals surface area contributed by atoms with Gasteiger partial charge in [0.25, 0.3) is 0 Å². The Morgan fingerprint density at radius 3 is 2.50 bits per heavy atom. The van der Waals surface area contributed by atoms with Crippen LogP contribution < -0.4 is 0 Å². The maximum atomic E-state index is 3.82. The lowest BCUT2D eigenvalue weighted by molar-refractivity contribution is 0.207. The average molecular weight is 191 g/mol. The van der Waals surface area contributed by atoms with Crippen LogP contribution in [0.4, 0.5) is 0 Å². The van der Waals surface area contributed by atoms with Crippen molar-refractivity contribution in [3.8, 4) is 0 Å². The number of allylic oxidation sites excluding steroid dienone is 2. The van der Waals surface area contributed by atoms with Gasteiger partial charge in [-0.2, -0.15) is 0 Å². The van der Waals surface area contributed by atoms with Crippen molar-refractivity contribution in [2.24, 2.45) is 5.92 Å². The second kappa shape index (κ2) is 5.82. The van der Waals surface area contributed by atoms with Gasteiger partial charge in [0.05, 0.1) is 0 Å². The lowest BCUT2D eigenvalue weighted by atomic mass is 9.99. The van der Waals surface area contributed by atoms with E-state index in [2.05, 4.69) is 25.0 Å². The highest BCUT2D eigenvalue weighted by atomic mass is 15.1. The van der Waals surface area contributed by atoms with E-state index in [1.54, 1.807) is 0 Å². The third-order valence-corrected chi connectivity index (χ3v) is 2.88. The summed E-state index contributed by atoms with van der Waals surface area (Å²) < 4.78 is 0. The summed E-state index contributed by atoms with van der Waals surface area (Å²) >= 11 is 0. The predicted octanol–water partition coefficient (Wildman–Crippen LogP) is 3.02. The van der Waals surface area contributed by atoms with E-state index < -0.39 is 0 Å². The van der Waals surface area contributed by atoms with Gasteiger partial charge < -0.3 is 0 Å². The molecule has 0 saturated carbocycles. The van der Waals surface area contributed by atoms with Crippen molar-refractivity contribution in [3.63, 3.8) is 0 Å². The molecule has 0 N–H and O–H groups in total. The van der Waals surface area contributed by atoms with Crippen molar-refractivity contribution in [1.82, 2.24) is 4.90 Å². The Morgan fingerprint density at radius 2 is 2.00 bits per heavy atom. The van der Waals surface area contributed by atoms with Gasteiger partial charge in [0.15, 0.2) is 0 Å². The maximum Gasteiger partial charge on any atom is 0.0233 e. The van der Waals surface area contributed by atoms with Gasteiger partial charge in [-0.1, -0.05) is 38.3 Å². The number of likely N-dealkylation sites (tertiary alicyclic amines) is 1. The zero-order chi connectivity index (χ0) is 10.4. The molecule has 0 unspecified atom stereocenters. The van der Waals surface area contributed by atoms with Crippen LogP contribution in [0.3, 0.4) is 0 Å². The molecule has 1 aliphatic rings. The van der Waals surface area contributed by atoms with Gasteiger partial charge in [-0.05, 0) is 37.4 Å². The Morgan fingerprint density at radius 1 is 1.36 bits per heavy atom. The zero-order valence-electron chi connectivity index (χ0n) is 9.21. The summed E-state index contributed by atoms with van der Waals surface area (Å²) in [5.41, 5.74) is 1.27. The van der Waals surface area contributed by atoms with E-state index in [4.69, 9.17) is 0 Å². The zero-order valence-corrected chi connectivity index (χ0v) is 9.21. The van der Waals surface area contributed by atoms with E-state index >= 15 is 0 Å². The molecule has 1 nitrogen and oxygen atoms in total. The topological polar surface area (TPSA) is 3.24 Å². The number of rotatable bonds is 4. The van der Waals surface area contributed by atoms with Gasteiger partial charge in [-0.25, -0.2) is 0 Å². The molecule has 0 aliphatic carbocycles. The first kappa shape index (κ1) is 11.3. The first-order valence-corrected chi connectivity index (χ1v) is 5.42. The highest BCUT2D eigenvalue weighted by Crippen LogP contribution is 2.16. The van der Waals surface area contributed by atoms with Crippen molar-refractivity contribution in [2.75, 3.05) is 19.6 Å². The molecule has 1 rings (SSSR count). The molecule has 0 amide bonds. The molecule has 1 heteroatoms. The first-order valence-electron chi connectivity index (χ1n) is 5.42. The third-order valence-electron chi connectivity index (χ3n) is 2.88. The second-order valence-corrected chi connectivity index (χ2v) is 4.14. The van der Waals surface area contributed by atoms with Crippen molar-refractivity contribution in [2.45, 2.75) is 19.8 Å². The van der Waals surface area contributed by atoms with Crippen molar-refractivity contribution in [1.29, 1.82) is 0 Å². The minimum absolute atomic E-state index is 0.904. The average Bonchev–Trinajstić information content (AvgIpc) is 2.20. The van der Waals surface area contributed by atoms with E-state index in [1.807, 2.05) is 18.2 Å². The van der Waals surface area contributed by atoms with Crippen LogP contribution in [0.25, 0.3) is 0 Å². The molecule has 78 valence electrons. The van der Waals surface area contributed by atoms with Gasteiger partial charge in [-0.3, -0.25) is 4.90 Å². The summed E-state index contributed by atoms with van der Waals surface area (Å²) in [5, 5.41) is 0. The third kappa shape index (κ3) is 3.51. The second-order valence-electron chi connectivity index (χ2n) is 4.14.